The Morgan fingerprint density at radius 2 is 2.24 bits per heavy atom. The SMILES string of the molecule is C[C@@]1(COC(=O)OCC2CC2)CC[C@H](c2ccc3c(N)ncnn23)O1. The lowest BCUT2D eigenvalue weighted by molar-refractivity contribution is -0.0766. The van der Waals surface area contributed by atoms with E-state index in [0.29, 0.717) is 18.3 Å². The van der Waals surface area contributed by atoms with Crippen molar-refractivity contribution in [3.05, 3.63) is 24.2 Å². The maximum absolute atomic E-state index is 11.7. The fourth-order valence-corrected chi connectivity index (χ4v) is 3.15. The van der Waals surface area contributed by atoms with E-state index < -0.39 is 11.8 Å². The van der Waals surface area contributed by atoms with Crippen LogP contribution in [0.2, 0.25) is 0 Å². The third kappa shape index (κ3) is 3.39. The van der Waals surface area contributed by atoms with E-state index in [1.165, 1.54) is 6.33 Å². The van der Waals surface area contributed by atoms with Crippen molar-refractivity contribution in [3.63, 3.8) is 0 Å². The third-order valence-electron chi connectivity index (χ3n) is 4.83. The lowest BCUT2D eigenvalue weighted by Gasteiger charge is -2.24. The van der Waals surface area contributed by atoms with Crippen LogP contribution < -0.4 is 5.73 Å². The fraction of sp³-hybridized carbons (Fsp3) is 0.588. The van der Waals surface area contributed by atoms with Gasteiger partial charge in [0.15, 0.2) is 5.82 Å². The number of ether oxygens (including phenoxy) is 3. The van der Waals surface area contributed by atoms with Crippen LogP contribution in [0, 0.1) is 5.92 Å². The van der Waals surface area contributed by atoms with Crippen LogP contribution in [-0.2, 0) is 14.2 Å². The molecule has 134 valence electrons. The van der Waals surface area contributed by atoms with E-state index in [-0.39, 0.29) is 12.7 Å². The van der Waals surface area contributed by atoms with Crippen LogP contribution in [-0.4, -0.2) is 39.6 Å². The van der Waals surface area contributed by atoms with E-state index in [0.717, 1.165) is 36.9 Å². The minimum atomic E-state index is -0.617. The van der Waals surface area contributed by atoms with Crippen molar-refractivity contribution < 1.29 is 19.0 Å². The largest absolute Gasteiger partial charge is 0.508 e. The molecule has 2 aromatic rings. The summed E-state index contributed by atoms with van der Waals surface area (Å²) in [5.41, 5.74) is 7.02. The van der Waals surface area contributed by atoms with Crippen molar-refractivity contribution in [1.82, 2.24) is 14.6 Å². The minimum Gasteiger partial charge on any atom is -0.434 e. The first kappa shape index (κ1) is 16.1. The van der Waals surface area contributed by atoms with Crippen LogP contribution in [0.1, 0.15) is 44.4 Å². The first-order valence-electron chi connectivity index (χ1n) is 8.59. The lowest BCUT2D eigenvalue weighted by Crippen LogP contribution is -2.32. The Hall–Kier alpha value is -2.35. The highest BCUT2D eigenvalue weighted by Crippen LogP contribution is 2.40. The van der Waals surface area contributed by atoms with E-state index in [1.54, 1.807) is 4.52 Å². The Kier molecular flexibility index (Phi) is 3.99. The number of aromatic nitrogens is 3. The number of hydrogen-bond donors (Lipinski definition) is 1. The molecule has 25 heavy (non-hydrogen) atoms. The molecule has 0 amide bonds. The van der Waals surface area contributed by atoms with Crippen molar-refractivity contribution in [1.29, 1.82) is 0 Å². The molecule has 2 fully saturated rings. The highest BCUT2D eigenvalue weighted by molar-refractivity contribution is 5.65. The maximum atomic E-state index is 11.7. The van der Waals surface area contributed by atoms with Crippen LogP contribution in [0.5, 0.6) is 0 Å². The van der Waals surface area contributed by atoms with Gasteiger partial charge in [-0.15, -0.1) is 0 Å². The van der Waals surface area contributed by atoms with Gasteiger partial charge in [0.05, 0.1) is 12.3 Å². The molecule has 2 aromatic heterocycles. The molecule has 2 aliphatic rings. The summed E-state index contributed by atoms with van der Waals surface area (Å²) in [5.74, 6) is 0.955. The molecular formula is C17H22N4O4. The van der Waals surface area contributed by atoms with Gasteiger partial charge in [0.2, 0.25) is 0 Å². The summed E-state index contributed by atoms with van der Waals surface area (Å²) < 4.78 is 18.3. The second kappa shape index (κ2) is 6.18. The molecule has 1 saturated carbocycles. The average molecular weight is 346 g/mol. The molecule has 0 unspecified atom stereocenters. The van der Waals surface area contributed by atoms with Crippen molar-refractivity contribution in [2.24, 2.45) is 5.92 Å². The number of nitrogen functional groups attached to an aromatic ring is 1. The van der Waals surface area contributed by atoms with Crippen LogP contribution in [0.15, 0.2) is 18.5 Å². The molecule has 1 aliphatic carbocycles. The Morgan fingerprint density at radius 1 is 1.40 bits per heavy atom. The van der Waals surface area contributed by atoms with Gasteiger partial charge in [-0.3, -0.25) is 0 Å². The van der Waals surface area contributed by atoms with Gasteiger partial charge < -0.3 is 19.9 Å². The van der Waals surface area contributed by atoms with Crippen molar-refractivity contribution in [3.8, 4) is 0 Å². The van der Waals surface area contributed by atoms with Gasteiger partial charge >= 0.3 is 6.16 Å². The minimum absolute atomic E-state index is 0.132. The molecule has 0 bridgehead atoms. The molecule has 0 radical (unpaired) electrons. The summed E-state index contributed by atoms with van der Waals surface area (Å²) in [6.45, 7) is 2.57. The van der Waals surface area contributed by atoms with Crippen LogP contribution in [0.4, 0.5) is 10.6 Å². The number of fused-ring (bicyclic) bond motifs is 1. The molecule has 0 aromatic carbocycles. The zero-order chi connectivity index (χ0) is 17.4. The van der Waals surface area contributed by atoms with E-state index >= 15 is 0 Å². The normalized spacial score (nSPS) is 26.0. The molecule has 1 saturated heterocycles. The zero-order valence-electron chi connectivity index (χ0n) is 14.2. The van der Waals surface area contributed by atoms with Crippen molar-refractivity contribution in [2.45, 2.75) is 44.3 Å². The second-order valence-corrected chi connectivity index (χ2v) is 7.09. The average Bonchev–Trinajstić information content (AvgIpc) is 3.20. The Morgan fingerprint density at radius 3 is 3.04 bits per heavy atom. The Labute approximate surface area is 145 Å². The zero-order valence-corrected chi connectivity index (χ0v) is 14.2. The summed E-state index contributed by atoms with van der Waals surface area (Å²) in [4.78, 5) is 15.7. The molecule has 8 nitrogen and oxygen atoms in total. The number of hydrogen-bond acceptors (Lipinski definition) is 7. The topological polar surface area (TPSA) is 101 Å². The number of rotatable bonds is 5. The predicted molar refractivity (Wildman–Crippen MR) is 88.9 cm³/mol. The summed E-state index contributed by atoms with van der Waals surface area (Å²) in [6.07, 6.45) is 4.54. The van der Waals surface area contributed by atoms with Crippen molar-refractivity contribution in [2.75, 3.05) is 18.9 Å². The van der Waals surface area contributed by atoms with Crippen molar-refractivity contribution >= 4 is 17.5 Å². The summed E-state index contributed by atoms with van der Waals surface area (Å²) in [5, 5.41) is 4.26. The molecule has 4 rings (SSSR count). The van der Waals surface area contributed by atoms with Gasteiger partial charge in [-0.1, -0.05) is 0 Å². The molecule has 1 aliphatic heterocycles. The number of carbonyl (C=O) groups excluding carboxylic acids is 1. The summed E-state index contributed by atoms with van der Waals surface area (Å²) in [6, 6.07) is 3.83. The van der Waals surface area contributed by atoms with E-state index in [9.17, 15) is 4.79 Å². The van der Waals surface area contributed by atoms with Gasteiger partial charge in [-0.25, -0.2) is 14.3 Å². The molecule has 2 atom stereocenters. The van der Waals surface area contributed by atoms with E-state index in [4.69, 9.17) is 19.9 Å². The smallest absolute Gasteiger partial charge is 0.434 e. The highest BCUT2D eigenvalue weighted by atomic mass is 16.7. The molecule has 3 heterocycles. The Balaban J connectivity index is 1.37. The third-order valence-corrected chi connectivity index (χ3v) is 4.83. The predicted octanol–water partition coefficient (Wildman–Crippen LogP) is 2.48. The first-order valence-corrected chi connectivity index (χ1v) is 8.59. The van der Waals surface area contributed by atoms with E-state index in [1.807, 2.05) is 19.1 Å². The molecule has 8 heteroatoms. The second-order valence-electron chi connectivity index (χ2n) is 7.09. The lowest BCUT2D eigenvalue weighted by atomic mass is 10.0. The molecule has 2 N–H and O–H groups in total. The standard InChI is InChI=1S/C17H22N4O4/c1-17(9-24-16(22)23-8-11-2-3-11)7-6-14(25-17)12-4-5-13-15(18)19-10-20-21(12)13/h4-5,10-11,14H,2-3,6-9H2,1H3,(H2,18,19,20)/t14-,17+/m1/s1. The van der Waals surface area contributed by atoms with Crippen LogP contribution in [0.3, 0.4) is 0 Å². The quantitative estimate of drug-likeness (QED) is 0.830. The van der Waals surface area contributed by atoms with Crippen LogP contribution >= 0.6 is 0 Å². The van der Waals surface area contributed by atoms with Gasteiger partial charge in [0, 0.05) is 0 Å². The van der Waals surface area contributed by atoms with Gasteiger partial charge in [0.25, 0.3) is 0 Å². The molecular weight excluding hydrogens is 324 g/mol. The first-order chi connectivity index (χ1) is 12.0. The number of nitrogens with zero attached hydrogens (tertiary/aromatic N) is 3. The molecule has 0 spiro atoms. The summed E-state index contributed by atoms with van der Waals surface area (Å²) >= 11 is 0. The van der Waals surface area contributed by atoms with E-state index in [2.05, 4.69) is 10.1 Å². The summed E-state index contributed by atoms with van der Waals surface area (Å²) in [7, 11) is 0. The monoisotopic (exact) mass is 346 g/mol. The van der Waals surface area contributed by atoms with Gasteiger partial charge in [0.1, 0.15) is 30.2 Å². The van der Waals surface area contributed by atoms with Gasteiger partial charge in [-0.05, 0) is 50.7 Å². The van der Waals surface area contributed by atoms with Gasteiger partial charge in [-0.2, -0.15) is 5.10 Å². The van der Waals surface area contributed by atoms with Crippen LogP contribution in [0.25, 0.3) is 5.52 Å². The number of anilines is 1. The fourth-order valence-electron chi connectivity index (χ4n) is 3.15. The number of nitrogens with two attached hydrogens (primary N) is 1. The maximum Gasteiger partial charge on any atom is 0.508 e. The number of carbonyl (C=O) groups is 1. The Bertz CT molecular complexity index is 788. The highest BCUT2D eigenvalue weighted by Gasteiger charge is 2.39.